The number of likely N-dealkylation sites (tertiary alicyclic amines) is 1. The van der Waals surface area contributed by atoms with Gasteiger partial charge in [0, 0.05) is 31.9 Å². The van der Waals surface area contributed by atoms with Gasteiger partial charge < -0.3 is 15.4 Å². The molecule has 1 amide bonds. The molecule has 0 unspecified atom stereocenters. The highest BCUT2D eigenvalue weighted by atomic mass is 16.6. The van der Waals surface area contributed by atoms with E-state index in [4.69, 9.17) is 4.74 Å². The average Bonchev–Trinajstić information content (AvgIpc) is 2.73. The number of ether oxygens (including phenoxy) is 1. The first-order valence-corrected chi connectivity index (χ1v) is 10.8. The summed E-state index contributed by atoms with van der Waals surface area (Å²) in [5.74, 6) is -0.265. The summed E-state index contributed by atoms with van der Waals surface area (Å²) in [5, 5.41) is 6.06. The Labute approximate surface area is 184 Å². The molecule has 1 aromatic carbocycles. The molecule has 0 atom stereocenters. The highest BCUT2D eigenvalue weighted by molar-refractivity contribution is 6.00. The number of carbonyl (C=O) groups excluding carboxylic acids is 2. The highest BCUT2D eigenvalue weighted by Crippen LogP contribution is 2.19. The summed E-state index contributed by atoms with van der Waals surface area (Å²) in [6.07, 6.45) is 3.61. The molecule has 3 rings (SSSR count). The fourth-order valence-corrected chi connectivity index (χ4v) is 3.60. The van der Waals surface area contributed by atoms with Crippen molar-refractivity contribution in [1.29, 1.82) is 0 Å². The predicted octanol–water partition coefficient (Wildman–Crippen LogP) is 3.23. The number of benzene rings is 1. The first kappa shape index (κ1) is 22.7. The van der Waals surface area contributed by atoms with Crippen molar-refractivity contribution in [3.8, 4) is 0 Å². The van der Waals surface area contributed by atoms with Crippen LogP contribution in [0.4, 0.5) is 5.82 Å². The molecule has 0 radical (unpaired) electrons. The SMILES string of the molecule is CC(C)(C)OC(=O)CNC(=O)c1cccnc1NC1CCN(Cc2ccccc2)CC1. The predicted molar refractivity (Wildman–Crippen MR) is 121 cm³/mol. The smallest absolute Gasteiger partial charge is 0.325 e. The molecule has 166 valence electrons. The van der Waals surface area contributed by atoms with Gasteiger partial charge in [-0.1, -0.05) is 30.3 Å². The molecule has 2 aromatic rings. The van der Waals surface area contributed by atoms with Gasteiger partial charge in [0.25, 0.3) is 5.91 Å². The van der Waals surface area contributed by atoms with Crippen LogP contribution >= 0.6 is 0 Å². The first-order chi connectivity index (χ1) is 14.8. The van der Waals surface area contributed by atoms with Crippen molar-refractivity contribution in [2.75, 3.05) is 25.0 Å². The van der Waals surface area contributed by atoms with E-state index in [0.717, 1.165) is 32.5 Å². The molecule has 2 N–H and O–H groups in total. The number of pyridine rings is 1. The number of amides is 1. The third-order valence-corrected chi connectivity index (χ3v) is 5.04. The van der Waals surface area contributed by atoms with Crippen LogP contribution in [0.5, 0.6) is 0 Å². The maximum atomic E-state index is 12.6. The van der Waals surface area contributed by atoms with E-state index in [1.165, 1.54) is 5.56 Å². The number of aromatic nitrogens is 1. The van der Waals surface area contributed by atoms with Crippen molar-refractivity contribution < 1.29 is 14.3 Å². The Morgan fingerprint density at radius 1 is 1.10 bits per heavy atom. The first-order valence-electron chi connectivity index (χ1n) is 10.8. The minimum atomic E-state index is -0.585. The second kappa shape index (κ2) is 10.4. The lowest BCUT2D eigenvalue weighted by Crippen LogP contribution is -2.39. The number of piperidine rings is 1. The Bertz CT molecular complexity index is 872. The zero-order valence-corrected chi connectivity index (χ0v) is 18.6. The van der Waals surface area contributed by atoms with Gasteiger partial charge in [-0.05, 0) is 51.3 Å². The molecule has 1 aliphatic heterocycles. The van der Waals surface area contributed by atoms with Crippen LogP contribution < -0.4 is 10.6 Å². The van der Waals surface area contributed by atoms with Crippen molar-refractivity contribution in [1.82, 2.24) is 15.2 Å². The second-order valence-electron chi connectivity index (χ2n) is 8.85. The third-order valence-electron chi connectivity index (χ3n) is 5.04. The zero-order chi connectivity index (χ0) is 22.3. The quantitative estimate of drug-likeness (QED) is 0.664. The Hall–Kier alpha value is -2.93. The molecule has 7 heteroatoms. The van der Waals surface area contributed by atoms with Crippen LogP contribution in [-0.2, 0) is 16.1 Å². The van der Waals surface area contributed by atoms with E-state index in [1.54, 1.807) is 39.1 Å². The van der Waals surface area contributed by atoms with Crippen LogP contribution in [0, 0.1) is 0 Å². The molecule has 0 aliphatic carbocycles. The van der Waals surface area contributed by atoms with Crippen LogP contribution in [0.1, 0.15) is 49.5 Å². The Morgan fingerprint density at radius 3 is 2.48 bits per heavy atom. The molecule has 0 saturated carbocycles. The van der Waals surface area contributed by atoms with Gasteiger partial charge in [0.15, 0.2) is 0 Å². The molecular formula is C24H32N4O3. The van der Waals surface area contributed by atoms with E-state index >= 15 is 0 Å². The molecule has 31 heavy (non-hydrogen) atoms. The summed E-state index contributed by atoms with van der Waals surface area (Å²) in [4.78, 5) is 31.3. The van der Waals surface area contributed by atoms with E-state index in [1.807, 2.05) is 6.07 Å². The van der Waals surface area contributed by atoms with Crippen molar-refractivity contribution in [3.63, 3.8) is 0 Å². The number of nitrogens with one attached hydrogen (secondary N) is 2. The molecule has 0 bridgehead atoms. The maximum absolute atomic E-state index is 12.6. The van der Waals surface area contributed by atoms with Gasteiger partial charge in [0.2, 0.25) is 0 Å². The third kappa shape index (κ3) is 7.36. The standard InChI is InChI=1S/C24H32N4O3/c1-24(2,3)31-21(29)16-26-23(30)20-10-7-13-25-22(20)27-19-11-14-28(15-12-19)17-18-8-5-4-6-9-18/h4-10,13,19H,11-12,14-17H2,1-3H3,(H,25,27)(H,26,30). The molecule has 1 aliphatic rings. The number of nitrogens with zero attached hydrogens (tertiary/aromatic N) is 2. The van der Waals surface area contributed by atoms with E-state index in [9.17, 15) is 9.59 Å². The topological polar surface area (TPSA) is 83.6 Å². The summed E-state index contributed by atoms with van der Waals surface area (Å²) < 4.78 is 5.24. The summed E-state index contributed by atoms with van der Waals surface area (Å²) in [6, 6.07) is 14.2. The fraction of sp³-hybridized carbons (Fsp3) is 0.458. The number of hydrogen-bond acceptors (Lipinski definition) is 6. The Morgan fingerprint density at radius 2 is 1.81 bits per heavy atom. The molecule has 0 spiro atoms. The molecule has 1 saturated heterocycles. The Kier molecular flexibility index (Phi) is 7.63. The lowest BCUT2D eigenvalue weighted by Gasteiger charge is -2.32. The normalized spacial score (nSPS) is 15.3. The molecule has 1 fully saturated rings. The molecule has 7 nitrogen and oxygen atoms in total. The summed E-state index contributed by atoms with van der Waals surface area (Å²) in [5.41, 5.74) is 1.17. The Balaban J connectivity index is 1.51. The van der Waals surface area contributed by atoms with Gasteiger partial charge in [-0.2, -0.15) is 0 Å². The second-order valence-corrected chi connectivity index (χ2v) is 8.85. The summed E-state index contributed by atoms with van der Waals surface area (Å²) in [7, 11) is 0. The van der Waals surface area contributed by atoms with E-state index < -0.39 is 11.6 Å². The van der Waals surface area contributed by atoms with Gasteiger partial charge in [-0.3, -0.25) is 14.5 Å². The van der Waals surface area contributed by atoms with E-state index in [2.05, 4.69) is 44.8 Å². The maximum Gasteiger partial charge on any atom is 0.325 e. The number of rotatable bonds is 7. The van der Waals surface area contributed by atoms with Crippen LogP contribution in [0.3, 0.4) is 0 Å². The minimum Gasteiger partial charge on any atom is -0.459 e. The van der Waals surface area contributed by atoms with Gasteiger partial charge in [-0.15, -0.1) is 0 Å². The van der Waals surface area contributed by atoms with Gasteiger partial charge in [0.05, 0.1) is 5.56 Å². The van der Waals surface area contributed by atoms with Crippen molar-refractivity contribution in [2.24, 2.45) is 0 Å². The van der Waals surface area contributed by atoms with Crippen molar-refractivity contribution >= 4 is 17.7 Å². The van der Waals surface area contributed by atoms with E-state index in [0.29, 0.717) is 11.4 Å². The van der Waals surface area contributed by atoms with Crippen molar-refractivity contribution in [3.05, 3.63) is 59.8 Å². The minimum absolute atomic E-state index is 0.178. The van der Waals surface area contributed by atoms with Gasteiger partial charge >= 0.3 is 5.97 Å². The van der Waals surface area contributed by atoms with Crippen LogP contribution in [0.25, 0.3) is 0 Å². The number of anilines is 1. The molecular weight excluding hydrogens is 392 g/mol. The lowest BCUT2D eigenvalue weighted by molar-refractivity contribution is -0.153. The van der Waals surface area contributed by atoms with Crippen LogP contribution in [-0.4, -0.2) is 53.0 Å². The zero-order valence-electron chi connectivity index (χ0n) is 18.6. The average molecular weight is 425 g/mol. The summed E-state index contributed by atoms with van der Waals surface area (Å²) in [6.45, 7) is 8.12. The lowest BCUT2D eigenvalue weighted by atomic mass is 10.0. The molecule has 1 aromatic heterocycles. The summed E-state index contributed by atoms with van der Waals surface area (Å²) >= 11 is 0. The largest absolute Gasteiger partial charge is 0.459 e. The fourth-order valence-electron chi connectivity index (χ4n) is 3.60. The monoisotopic (exact) mass is 424 g/mol. The van der Waals surface area contributed by atoms with Crippen molar-refractivity contribution in [2.45, 2.75) is 51.8 Å². The molecule has 2 heterocycles. The number of esters is 1. The van der Waals surface area contributed by atoms with E-state index in [-0.39, 0.29) is 18.5 Å². The number of hydrogen-bond donors (Lipinski definition) is 2. The van der Waals surface area contributed by atoms with Gasteiger partial charge in [0.1, 0.15) is 18.0 Å². The van der Waals surface area contributed by atoms with Crippen LogP contribution in [0.15, 0.2) is 48.7 Å². The highest BCUT2D eigenvalue weighted by Gasteiger charge is 2.22. The van der Waals surface area contributed by atoms with Crippen LogP contribution in [0.2, 0.25) is 0 Å². The number of carbonyl (C=O) groups is 2. The van der Waals surface area contributed by atoms with Gasteiger partial charge in [-0.25, -0.2) is 4.98 Å².